The van der Waals surface area contributed by atoms with Crippen molar-refractivity contribution in [3.63, 3.8) is 0 Å². The fourth-order valence-electron chi connectivity index (χ4n) is 1.96. The first-order valence-corrected chi connectivity index (χ1v) is 8.99. The lowest BCUT2D eigenvalue weighted by Crippen LogP contribution is -2.30. The molecule has 1 aromatic heterocycles. The summed E-state index contributed by atoms with van der Waals surface area (Å²) in [7, 11) is 1.45. The van der Waals surface area contributed by atoms with Crippen LogP contribution in [0.3, 0.4) is 0 Å². The van der Waals surface area contributed by atoms with Crippen molar-refractivity contribution in [1.82, 2.24) is 14.5 Å². The topological polar surface area (TPSA) is 80.2 Å². The van der Waals surface area contributed by atoms with Gasteiger partial charge < -0.3 is 5.32 Å². The number of aromatic nitrogens is 2. The van der Waals surface area contributed by atoms with Gasteiger partial charge in [0.15, 0.2) is 17.5 Å². The number of nitrogens with one attached hydrogen (secondary N) is 3. The second kappa shape index (κ2) is 9.07. The van der Waals surface area contributed by atoms with Gasteiger partial charge in [-0.05, 0) is 35.0 Å². The number of halogens is 6. The van der Waals surface area contributed by atoms with E-state index in [-0.39, 0.29) is 21.7 Å². The van der Waals surface area contributed by atoms with E-state index >= 15 is 0 Å². The first-order chi connectivity index (χ1) is 13.0. The van der Waals surface area contributed by atoms with E-state index in [4.69, 9.17) is 0 Å². The second-order valence-electron chi connectivity index (χ2n) is 5.25. The smallest absolute Gasteiger partial charge is 0.321 e. The summed E-state index contributed by atoms with van der Waals surface area (Å²) in [6, 6.07) is 2.86. The predicted octanol–water partition coefficient (Wildman–Crippen LogP) is 4.16. The molecule has 3 N–H and O–H groups in total. The Bertz CT molecular complexity index is 863. The summed E-state index contributed by atoms with van der Waals surface area (Å²) in [6.07, 6.45) is -6.14. The van der Waals surface area contributed by atoms with Crippen molar-refractivity contribution in [1.29, 1.82) is 0 Å². The standard InChI is InChI=1S/C14H13BrF5N5O2S/c1-6(27-14(18,19)20)23-28-24-12-10(15)11(25(2)22-12)13(26)21-7-3-4-8(16)9(17)5-7/h3-6,23H,1-2H3,(H,21,26)(H,22,24). The van der Waals surface area contributed by atoms with Gasteiger partial charge in [0.1, 0.15) is 11.9 Å². The molecular formula is C14H13BrF5N5O2S. The van der Waals surface area contributed by atoms with E-state index in [0.717, 1.165) is 19.1 Å². The van der Waals surface area contributed by atoms with Gasteiger partial charge in [0.2, 0.25) is 0 Å². The van der Waals surface area contributed by atoms with E-state index in [1.54, 1.807) is 0 Å². The highest BCUT2D eigenvalue weighted by Gasteiger charge is 2.32. The lowest BCUT2D eigenvalue weighted by Gasteiger charge is -2.15. The molecule has 154 valence electrons. The number of ether oxygens (including phenoxy) is 1. The van der Waals surface area contributed by atoms with E-state index in [0.29, 0.717) is 12.1 Å². The highest BCUT2D eigenvalue weighted by molar-refractivity contribution is 9.10. The summed E-state index contributed by atoms with van der Waals surface area (Å²) in [5.74, 6) is -2.72. The van der Waals surface area contributed by atoms with Crippen molar-refractivity contribution in [3.05, 3.63) is 40.0 Å². The average Bonchev–Trinajstić information content (AvgIpc) is 2.83. The summed E-state index contributed by atoms with van der Waals surface area (Å²) in [6.45, 7) is 1.15. The molecule has 1 aromatic carbocycles. The molecule has 0 fully saturated rings. The maximum atomic E-state index is 13.2. The zero-order chi connectivity index (χ0) is 21.1. The van der Waals surface area contributed by atoms with E-state index in [1.165, 1.54) is 17.8 Å². The Kier molecular flexibility index (Phi) is 7.25. The average molecular weight is 490 g/mol. The molecule has 1 heterocycles. The molecule has 14 heteroatoms. The Hall–Kier alpha value is -1.90. The molecule has 2 rings (SSSR count). The molecule has 0 aliphatic heterocycles. The van der Waals surface area contributed by atoms with Crippen LogP contribution in [0.25, 0.3) is 0 Å². The van der Waals surface area contributed by atoms with Crippen LogP contribution >= 0.6 is 28.1 Å². The molecule has 0 radical (unpaired) electrons. The molecule has 1 unspecified atom stereocenters. The van der Waals surface area contributed by atoms with Crippen molar-refractivity contribution >= 4 is 45.5 Å². The van der Waals surface area contributed by atoms with Crippen LogP contribution in [0.1, 0.15) is 17.4 Å². The van der Waals surface area contributed by atoms with E-state index < -0.39 is 30.1 Å². The summed E-state index contributed by atoms with van der Waals surface area (Å²) in [5, 5.41) is 6.41. The van der Waals surface area contributed by atoms with Crippen LogP contribution in [-0.2, 0) is 11.8 Å². The number of aryl methyl sites for hydroxylation is 1. The highest BCUT2D eigenvalue weighted by atomic mass is 79.9. The molecule has 1 amide bonds. The minimum Gasteiger partial charge on any atom is -0.321 e. The summed E-state index contributed by atoms with van der Waals surface area (Å²) in [5.41, 5.74) is 0.0631. The third-order valence-electron chi connectivity index (χ3n) is 3.06. The SMILES string of the molecule is CC(NSNc1nn(C)c(C(=O)Nc2ccc(F)c(F)c2)c1Br)OC(F)(F)F. The Morgan fingerprint density at radius 2 is 2.00 bits per heavy atom. The van der Waals surface area contributed by atoms with Crippen LogP contribution in [0.5, 0.6) is 0 Å². The Morgan fingerprint density at radius 1 is 1.32 bits per heavy atom. The van der Waals surface area contributed by atoms with Crippen LogP contribution in [0.4, 0.5) is 33.5 Å². The van der Waals surface area contributed by atoms with Crippen LogP contribution in [0, 0.1) is 11.6 Å². The number of amides is 1. The predicted molar refractivity (Wildman–Crippen MR) is 96.2 cm³/mol. The van der Waals surface area contributed by atoms with E-state index in [9.17, 15) is 26.7 Å². The van der Waals surface area contributed by atoms with Crippen molar-refractivity contribution in [2.45, 2.75) is 19.5 Å². The molecule has 0 spiro atoms. The van der Waals surface area contributed by atoms with Gasteiger partial charge in [0.25, 0.3) is 5.91 Å². The molecule has 0 saturated heterocycles. The van der Waals surface area contributed by atoms with Gasteiger partial charge in [-0.3, -0.25) is 18.9 Å². The number of benzene rings is 1. The van der Waals surface area contributed by atoms with Crippen molar-refractivity contribution in [2.75, 3.05) is 10.0 Å². The number of carbonyl (C=O) groups excluding carboxylic acids is 1. The van der Waals surface area contributed by atoms with Gasteiger partial charge in [-0.2, -0.15) is 5.10 Å². The highest BCUT2D eigenvalue weighted by Crippen LogP contribution is 2.28. The molecule has 2 aromatic rings. The fourth-order valence-corrected chi connectivity index (χ4v) is 3.22. The third-order valence-corrected chi connectivity index (χ3v) is 4.56. The Morgan fingerprint density at radius 3 is 2.61 bits per heavy atom. The van der Waals surface area contributed by atoms with Crippen molar-refractivity contribution in [3.8, 4) is 0 Å². The molecule has 0 aliphatic rings. The molecule has 1 atom stereocenters. The lowest BCUT2D eigenvalue weighted by atomic mass is 10.3. The van der Waals surface area contributed by atoms with Crippen LogP contribution < -0.4 is 14.8 Å². The number of anilines is 2. The van der Waals surface area contributed by atoms with Crippen molar-refractivity contribution < 1.29 is 31.5 Å². The second-order valence-corrected chi connectivity index (χ2v) is 6.68. The van der Waals surface area contributed by atoms with Gasteiger partial charge in [-0.1, -0.05) is 0 Å². The number of nitrogens with zero attached hydrogens (tertiary/aromatic N) is 2. The van der Waals surface area contributed by atoms with Crippen LogP contribution in [-0.4, -0.2) is 28.3 Å². The normalized spacial score (nSPS) is 12.7. The molecule has 28 heavy (non-hydrogen) atoms. The molecular weight excluding hydrogens is 477 g/mol. The maximum Gasteiger partial charge on any atom is 0.524 e. The van der Waals surface area contributed by atoms with Crippen LogP contribution in [0.2, 0.25) is 0 Å². The summed E-state index contributed by atoms with van der Waals surface area (Å²) >= 11 is 3.82. The largest absolute Gasteiger partial charge is 0.524 e. The van der Waals surface area contributed by atoms with Crippen molar-refractivity contribution in [2.24, 2.45) is 7.05 Å². The minimum atomic E-state index is -4.79. The van der Waals surface area contributed by atoms with Gasteiger partial charge in [-0.25, -0.2) is 13.5 Å². The van der Waals surface area contributed by atoms with Crippen LogP contribution in [0.15, 0.2) is 22.7 Å². The first kappa shape index (κ1) is 22.4. The number of rotatable bonds is 7. The summed E-state index contributed by atoms with van der Waals surface area (Å²) in [4.78, 5) is 12.4. The van der Waals surface area contributed by atoms with Gasteiger partial charge >= 0.3 is 6.36 Å². The maximum absolute atomic E-state index is 13.2. The van der Waals surface area contributed by atoms with Gasteiger partial charge in [-0.15, -0.1) is 13.2 Å². The van der Waals surface area contributed by atoms with E-state index in [1.807, 2.05) is 0 Å². The molecule has 0 saturated carbocycles. The zero-order valence-corrected chi connectivity index (χ0v) is 16.6. The minimum absolute atomic E-state index is 0.0284. The van der Waals surface area contributed by atoms with Gasteiger partial charge in [0.05, 0.1) is 4.47 Å². The quantitative estimate of drug-likeness (QED) is 0.308. The number of hydrogen-bond acceptors (Lipinski definition) is 6. The molecule has 0 bridgehead atoms. The Balaban J connectivity index is 2.02. The van der Waals surface area contributed by atoms with Gasteiger partial charge in [0, 0.05) is 30.9 Å². The fraction of sp³-hybridized carbons (Fsp3) is 0.286. The monoisotopic (exact) mass is 489 g/mol. The third kappa shape index (κ3) is 6.05. The Labute approximate surface area is 168 Å². The first-order valence-electron chi connectivity index (χ1n) is 7.38. The molecule has 7 nitrogen and oxygen atoms in total. The zero-order valence-electron chi connectivity index (χ0n) is 14.2. The number of hydrogen-bond donors (Lipinski definition) is 3. The number of carbonyl (C=O) groups is 1. The van der Waals surface area contributed by atoms with E-state index in [2.05, 4.69) is 40.5 Å². The molecule has 0 aliphatic carbocycles. The summed E-state index contributed by atoms with van der Waals surface area (Å²) < 4.78 is 72.5. The number of alkyl halides is 3. The lowest BCUT2D eigenvalue weighted by molar-refractivity contribution is -0.341.